The second-order valence-corrected chi connectivity index (χ2v) is 11.3. The first-order chi connectivity index (χ1) is 15.2. The highest BCUT2D eigenvalue weighted by Gasteiger charge is 2.44. The highest BCUT2D eigenvalue weighted by Crippen LogP contribution is 2.42. The predicted octanol–water partition coefficient (Wildman–Crippen LogP) is 5.28. The van der Waals surface area contributed by atoms with E-state index in [0.717, 1.165) is 70.3 Å². The molecule has 32 heavy (non-hydrogen) atoms. The van der Waals surface area contributed by atoms with Crippen molar-refractivity contribution in [2.24, 2.45) is 5.92 Å². The lowest BCUT2D eigenvalue weighted by Gasteiger charge is -2.41. The van der Waals surface area contributed by atoms with Crippen molar-refractivity contribution in [3.05, 3.63) is 34.9 Å². The molecule has 4 nitrogen and oxygen atoms in total. The fourth-order valence-corrected chi connectivity index (χ4v) is 6.12. The molecular formula is C26H38ClFN2O2. The Labute approximate surface area is 197 Å². The molecule has 1 N–H and O–H groups in total. The van der Waals surface area contributed by atoms with Crippen LogP contribution in [0.4, 0.5) is 4.39 Å². The number of halogens is 2. The number of hydrogen-bond donors (Lipinski definition) is 1. The van der Waals surface area contributed by atoms with Gasteiger partial charge in [-0.25, -0.2) is 4.39 Å². The Kier molecular flexibility index (Phi) is 7.19. The molecule has 1 unspecified atom stereocenters. The SMILES string of the molecule is CC1(C)CC(CN2CCC(F)(CNC(=O)C3(c4ccc(Cl)cc4)CCCC3)CC2)CCO1. The Hall–Kier alpha value is -1.17. The maximum atomic E-state index is 15.6. The second kappa shape index (κ2) is 9.60. The molecule has 3 aliphatic rings. The van der Waals surface area contributed by atoms with Gasteiger partial charge in [0, 0.05) is 31.3 Å². The van der Waals surface area contributed by atoms with E-state index >= 15 is 4.39 Å². The molecule has 2 saturated heterocycles. The van der Waals surface area contributed by atoms with Crippen LogP contribution in [0.3, 0.4) is 0 Å². The van der Waals surface area contributed by atoms with E-state index in [1.165, 1.54) is 0 Å². The Morgan fingerprint density at radius 2 is 1.81 bits per heavy atom. The van der Waals surface area contributed by atoms with Crippen molar-refractivity contribution in [3.63, 3.8) is 0 Å². The minimum atomic E-state index is -1.32. The van der Waals surface area contributed by atoms with Gasteiger partial charge < -0.3 is 15.0 Å². The van der Waals surface area contributed by atoms with Crippen molar-refractivity contribution in [2.45, 2.75) is 81.9 Å². The van der Waals surface area contributed by atoms with Crippen molar-refractivity contribution in [1.29, 1.82) is 0 Å². The largest absolute Gasteiger partial charge is 0.376 e. The summed E-state index contributed by atoms with van der Waals surface area (Å²) in [6.45, 7) is 7.78. The van der Waals surface area contributed by atoms with Gasteiger partial charge in [0.1, 0.15) is 5.67 Å². The quantitative estimate of drug-likeness (QED) is 0.622. The topological polar surface area (TPSA) is 41.6 Å². The number of likely N-dealkylation sites (tertiary alicyclic amines) is 1. The third-order valence-corrected chi connectivity index (χ3v) is 8.17. The molecule has 0 spiro atoms. The number of carbonyl (C=O) groups excluding carboxylic acids is 1. The zero-order valence-electron chi connectivity index (χ0n) is 19.6. The maximum absolute atomic E-state index is 15.6. The number of alkyl halides is 1. The number of piperidine rings is 1. The smallest absolute Gasteiger partial charge is 0.230 e. The van der Waals surface area contributed by atoms with E-state index in [0.29, 0.717) is 23.8 Å². The van der Waals surface area contributed by atoms with E-state index in [1.807, 2.05) is 24.3 Å². The van der Waals surface area contributed by atoms with Gasteiger partial charge in [-0.2, -0.15) is 0 Å². The number of nitrogens with one attached hydrogen (secondary N) is 1. The van der Waals surface area contributed by atoms with E-state index in [9.17, 15) is 4.79 Å². The number of carbonyl (C=O) groups is 1. The molecule has 0 bridgehead atoms. The maximum Gasteiger partial charge on any atom is 0.230 e. The van der Waals surface area contributed by atoms with Crippen LogP contribution in [0.5, 0.6) is 0 Å². The van der Waals surface area contributed by atoms with Gasteiger partial charge in [-0.3, -0.25) is 4.79 Å². The molecule has 0 radical (unpaired) electrons. The summed E-state index contributed by atoms with van der Waals surface area (Å²) in [5.41, 5.74) is -0.912. The molecule has 1 saturated carbocycles. The molecule has 1 aromatic rings. The van der Waals surface area contributed by atoms with Gasteiger partial charge in [0.2, 0.25) is 5.91 Å². The van der Waals surface area contributed by atoms with Crippen molar-refractivity contribution < 1.29 is 13.9 Å². The molecule has 6 heteroatoms. The van der Waals surface area contributed by atoms with Crippen LogP contribution in [0.2, 0.25) is 5.02 Å². The standard InChI is InChI=1S/C26H38ClFN2O2/c1-24(2)17-20(9-16-32-24)18-30-14-12-25(28,13-15-30)19-29-23(31)26(10-3-4-11-26)21-5-7-22(27)8-6-21/h5-8,20H,3-4,9-19H2,1-2H3,(H,29,31). The molecule has 4 rings (SSSR count). The summed E-state index contributed by atoms with van der Waals surface area (Å²) in [5, 5.41) is 3.68. The zero-order chi connectivity index (χ0) is 22.8. The Morgan fingerprint density at radius 1 is 1.16 bits per heavy atom. The molecule has 1 aliphatic carbocycles. The molecule has 2 aliphatic heterocycles. The molecule has 1 amide bonds. The first-order valence-corrected chi connectivity index (χ1v) is 12.7. The summed E-state index contributed by atoms with van der Waals surface area (Å²) in [5.74, 6) is 0.591. The molecule has 1 atom stereocenters. The summed E-state index contributed by atoms with van der Waals surface area (Å²) >= 11 is 6.05. The second-order valence-electron chi connectivity index (χ2n) is 10.9. The van der Waals surface area contributed by atoms with Crippen LogP contribution in [0, 0.1) is 5.92 Å². The first-order valence-electron chi connectivity index (χ1n) is 12.3. The lowest BCUT2D eigenvalue weighted by atomic mass is 9.77. The molecule has 3 fully saturated rings. The highest BCUT2D eigenvalue weighted by molar-refractivity contribution is 6.30. The van der Waals surface area contributed by atoms with Crippen molar-refractivity contribution in [1.82, 2.24) is 10.2 Å². The summed E-state index contributed by atoms with van der Waals surface area (Å²) in [4.78, 5) is 15.7. The number of hydrogen-bond acceptors (Lipinski definition) is 3. The average Bonchev–Trinajstić information content (AvgIpc) is 3.25. The van der Waals surface area contributed by atoms with E-state index < -0.39 is 11.1 Å². The van der Waals surface area contributed by atoms with Gasteiger partial charge in [-0.05, 0) is 76.0 Å². The predicted molar refractivity (Wildman–Crippen MR) is 127 cm³/mol. The van der Waals surface area contributed by atoms with Crippen LogP contribution in [0.15, 0.2) is 24.3 Å². The third kappa shape index (κ3) is 5.48. The number of rotatable bonds is 6. The van der Waals surface area contributed by atoms with Gasteiger partial charge in [-0.15, -0.1) is 0 Å². The number of amides is 1. The molecule has 0 aromatic heterocycles. The fraction of sp³-hybridized carbons (Fsp3) is 0.731. The molecule has 2 heterocycles. The molecule has 178 valence electrons. The molecule has 1 aromatic carbocycles. The van der Waals surface area contributed by atoms with Crippen LogP contribution in [-0.2, 0) is 14.9 Å². The molecular weight excluding hydrogens is 427 g/mol. The minimum absolute atomic E-state index is 0.0267. The third-order valence-electron chi connectivity index (χ3n) is 7.92. The Balaban J connectivity index is 1.30. The lowest BCUT2D eigenvalue weighted by Crippen LogP contribution is -2.52. The summed E-state index contributed by atoms with van der Waals surface area (Å²) in [6, 6.07) is 7.59. The van der Waals surface area contributed by atoms with Gasteiger partial charge in [0.25, 0.3) is 0 Å². The summed E-state index contributed by atoms with van der Waals surface area (Å²) < 4.78 is 21.4. The monoisotopic (exact) mass is 464 g/mol. The van der Waals surface area contributed by atoms with Crippen LogP contribution in [0.1, 0.15) is 70.8 Å². The van der Waals surface area contributed by atoms with Gasteiger partial charge in [0.15, 0.2) is 0 Å². The van der Waals surface area contributed by atoms with Crippen LogP contribution >= 0.6 is 11.6 Å². The van der Waals surface area contributed by atoms with Gasteiger partial charge in [0.05, 0.1) is 17.6 Å². The highest BCUT2D eigenvalue weighted by atomic mass is 35.5. The number of nitrogens with zero attached hydrogens (tertiary/aromatic N) is 1. The van der Waals surface area contributed by atoms with E-state index in [-0.39, 0.29) is 18.1 Å². The zero-order valence-corrected chi connectivity index (χ0v) is 20.4. The summed E-state index contributed by atoms with van der Waals surface area (Å²) in [7, 11) is 0. The van der Waals surface area contributed by atoms with E-state index in [4.69, 9.17) is 16.3 Å². The number of benzene rings is 1. The van der Waals surface area contributed by atoms with Crippen molar-refractivity contribution >= 4 is 17.5 Å². The Bertz CT molecular complexity index is 784. The summed E-state index contributed by atoms with van der Waals surface area (Å²) in [6.07, 6.45) is 6.78. The van der Waals surface area contributed by atoms with Crippen LogP contribution in [0.25, 0.3) is 0 Å². The van der Waals surface area contributed by atoms with Crippen molar-refractivity contribution in [2.75, 3.05) is 32.8 Å². The fourth-order valence-electron chi connectivity index (χ4n) is 5.99. The lowest BCUT2D eigenvalue weighted by molar-refractivity contribution is -0.127. The van der Waals surface area contributed by atoms with Crippen LogP contribution in [-0.4, -0.2) is 54.9 Å². The minimum Gasteiger partial charge on any atom is -0.376 e. The Morgan fingerprint density at radius 3 is 2.44 bits per heavy atom. The van der Waals surface area contributed by atoms with E-state index in [1.54, 1.807) is 0 Å². The van der Waals surface area contributed by atoms with E-state index in [2.05, 4.69) is 24.1 Å². The van der Waals surface area contributed by atoms with Crippen molar-refractivity contribution in [3.8, 4) is 0 Å². The average molecular weight is 465 g/mol. The van der Waals surface area contributed by atoms with Crippen LogP contribution < -0.4 is 5.32 Å². The van der Waals surface area contributed by atoms with Gasteiger partial charge >= 0.3 is 0 Å². The normalized spacial score (nSPS) is 27.2. The van der Waals surface area contributed by atoms with Gasteiger partial charge in [-0.1, -0.05) is 36.6 Å². The number of ether oxygens (including phenoxy) is 1. The first kappa shape index (κ1) is 24.0.